The van der Waals surface area contributed by atoms with Crippen molar-refractivity contribution in [3.05, 3.63) is 42.0 Å². The molecule has 0 aromatic heterocycles. The molecule has 26 heavy (non-hydrogen) atoms. The first-order valence-corrected chi connectivity index (χ1v) is 10.5. The second-order valence-electron chi connectivity index (χ2n) is 6.34. The topological polar surface area (TPSA) is 75.7 Å². The predicted octanol–water partition coefficient (Wildman–Crippen LogP) is 2.88. The zero-order valence-corrected chi connectivity index (χ0v) is 16.0. The third-order valence-corrected chi connectivity index (χ3v) is 7.08. The molecule has 2 aliphatic rings. The molecule has 2 aromatic rings. The number of rotatable bonds is 4. The van der Waals surface area contributed by atoms with E-state index in [0.717, 1.165) is 10.6 Å². The maximum atomic E-state index is 13.0. The van der Waals surface area contributed by atoms with E-state index in [4.69, 9.17) is 4.74 Å². The van der Waals surface area contributed by atoms with E-state index in [1.54, 1.807) is 53.1 Å². The van der Waals surface area contributed by atoms with Crippen molar-refractivity contribution in [1.29, 1.82) is 0 Å². The molecule has 2 aromatic carbocycles. The van der Waals surface area contributed by atoms with Gasteiger partial charge in [-0.15, -0.1) is 11.8 Å². The molecular formula is C18H18N2O4S2. The van der Waals surface area contributed by atoms with Gasteiger partial charge in [0.15, 0.2) is 0 Å². The van der Waals surface area contributed by atoms with Crippen molar-refractivity contribution in [2.45, 2.75) is 28.4 Å². The first kappa shape index (κ1) is 17.2. The first-order valence-electron chi connectivity index (χ1n) is 8.19. The van der Waals surface area contributed by atoms with Crippen molar-refractivity contribution in [2.24, 2.45) is 0 Å². The summed E-state index contributed by atoms with van der Waals surface area (Å²) in [5.41, 5.74) is 1.76. The maximum Gasteiger partial charge on any atom is 0.262 e. The fourth-order valence-electron chi connectivity index (χ4n) is 3.38. The summed E-state index contributed by atoms with van der Waals surface area (Å²) in [5, 5.41) is 0.287. The summed E-state index contributed by atoms with van der Waals surface area (Å²) in [6, 6.07) is 10.1. The number of anilines is 2. The summed E-state index contributed by atoms with van der Waals surface area (Å²) in [7, 11) is -2.29. The van der Waals surface area contributed by atoms with E-state index in [1.807, 2.05) is 0 Å². The van der Waals surface area contributed by atoms with Crippen LogP contribution in [-0.4, -0.2) is 33.2 Å². The Balaban J connectivity index is 1.76. The Bertz CT molecular complexity index is 1000. The molecule has 2 heterocycles. The number of amides is 1. The quantitative estimate of drug-likeness (QED) is 0.869. The Hall–Kier alpha value is -2.19. The van der Waals surface area contributed by atoms with E-state index in [1.165, 1.54) is 7.11 Å². The second-order valence-corrected chi connectivity index (χ2v) is 9.47. The lowest BCUT2D eigenvalue weighted by atomic mass is 10.1. The van der Waals surface area contributed by atoms with Crippen LogP contribution in [-0.2, 0) is 21.2 Å². The van der Waals surface area contributed by atoms with E-state index in [-0.39, 0.29) is 22.5 Å². The number of carbonyl (C=O) groups excluding carboxylic acids is 1. The van der Waals surface area contributed by atoms with Crippen LogP contribution in [0, 0.1) is 0 Å². The highest BCUT2D eigenvalue weighted by atomic mass is 32.2. The van der Waals surface area contributed by atoms with Gasteiger partial charge in [0.05, 0.1) is 29.8 Å². The van der Waals surface area contributed by atoms with Crippen LogP contribution in [0.3, 0.4) is 0 Å². The van der Waals surface area contributed by atoms with Gasteiger partial charge in [0.2, 0.25) is 5.91 Å². The molecule has 4 rings (SSSR count). The first-order chi connectivity index (χ1) is 12.4. The number of benzene rings is 2. The van der Waals surface area contributed by atoms with Gasteiger partial charge in [-0.25, -0.2) is 8.42 Å². The highest BCUT2D eigenvalue weighted by molar-refractivity contribution is 8.00. The average molecular weight is 390 g/mol. The van der Waals surface area contributed by atoms with Crippen LogP contribution >= 0.6 is 11.8 Å². The van der Waals surface area contributed by atoms with Crippen LogP contribution in [0.15, 0.2) is 46.2 Å². The van der Waals surface area contributed by atoms with Crippen molar-refractivity contribution < 1.29 is 17.9 Å². The van der Waals surface area contributed by atoms with Crippen LogP contribution in [0.5, 0.6) is 5.75 Å². The molecule has 0 bridgehead atoms. The van der Waals surface area contributed by atoms with Gasteiger partial charge < -0.3 is 9.64 Å². The fourth-order valence-corrected chi connectivity index (χ4v) is 5.82. The minimum absolute atomic E-state index is 0.0440. The van der Waals surface area contributed by atoms with Gasteiger partial charge in [0, 0.05) is 28.3 Å². The number of thioether (sulfide) groups is 1. The molecule has 8 heteroatoms. The van der Waals surface area contributed by atoms with Gasteiger partial charge in [-0.05, 0) is 24.3 Å². The predicted molar refractivity (Wildman–Crippen MR) is 102 cm³/mol. The van der Waals surface area contributed by atoms with Gasteiger partial charge >= 0.3 is 0 Å². The molecule has 1 N–H and O–H groups in total. The van der Waals surface area contributed by atoms with Crippen molar-refractivity contribution in [3.63, 3.8) is 0 Å². The molecule has 2 aliphatic heterocycles. The van der Waals surface area contributed by atoms with Gasteiger partial charge in [-0.1, -0.05) is 13.0 Å². The van der Waals surface area contributed by atoms with E-state index in [0.29, 0.717) is 23.5 Å². The van der Waals surface area contributed by atoms with Crippen molar-refractivity contribution >= 4 is 39.1 Å². The van der Waals surface area contributed by atoms with Crippen molar-refractivity contribution in [2.75, 3.05) is 23.3 Å². The van der Waals surface area contributed by atoms with Crippen molar-refractivity contribution in [1.82, 2.24) is 0 Å². The summed E-state index contributed by atoms with van der Waals surface area (Å²) in [4.78, 5) is 15.2. The van der Waals surface area contributed by atoms with E-state index >= 15 is 0 Å². The summed E-state index contributed by atoms with van der Waals surface area (Å²) in [5.74, 6) is 0.518. The lowest BCUT2D eigenvalue weighted by molar-refractivity contribution is -0.117. The average Bonchev–Trinajstić information content (AvgIpc) is 2.92. The molecule has 0 radical (unpaired) electrons. The normalized spacial score (nSPS) is 18.6. The summed E-state index contributed by atoms with van der Waals surface area (Å²) < 4.78 is 33.7. The van der Waals surface area contributed by atoms with Crippen molar-refractivity contribution in [3.8, 4) is 5.75 Å². The lowest BCUT2D eigenvalue weighted by Crippen LogP contribution is -2.35. The maximum absolute atomic E-state index is 13.0. The number of hydrogen-bond donors (Lipinski definition) is 1. The fraction of sp³-hybridized carbons (Fsp3) is 0.278. The summed E-state index contributed by atoms with van der Waals surface area (Å²) in [6.07, 6.45) is 0.116. The minimum Gasteiger partial charge on any atom is -0.497 e. The molecule has 1 atom stereocenters. The summed E-state index contributed by atoms with van der Waals surface area (Å²) in [6.45, 7) is 2.67. The summed E-state index contributed by atoms with van der Waals surface area (Å²) >= 11 is 1.67. The van der Waals surface area contributed by atoms with E-state index in [2.05, 4.69) is 11.6 Å². The second kappa shape index (κ2) is 6.21. The number of ether oxygens (including phenoxy) is 1. The number of methoxy groups -OCH3 is 1. The van der Waals surface area contributed by atoms with Gasteiger partial charge in [0.25, 0.3) is 10.0 Å². The Labute approximate surface area is 156 Å². The molecule has 0 saturated carbocycles. The molecule has 0 fully saturated rings. The Morgan fingerprint density at radius 1 is 1.27 bits per heavy atom. The van der Waals surface area contributed by atoms with Crippen LogP contribution < -0.4 is 14.4 Å². The Kier molecular flexibility index (Phi) is 4.11. The Morgan fingerprint density at radius 2 is 2.08 bits per heavy atom. The number of carbonyl (C=O) groups is 1. The molecule has 6 nitrogen and oxygen atoms in total. The highest BCUT2D eigenvalue weighted by Gasteiger charge is 2.38. The molecule has 136 valence electrons. The van der Waals surface area contributed by atoms with Gasteiger partial charge in [-0.2, -0.15) is 0 Å². The molecule has 1 amide bonds. The molecule has 0 unspecified atom stereocenters. The third kappa shape index (κ3) is 2.83. The third-order valence-electron chi connectivity index (χ3n) is 4.48. The number of hydrogen-bond acceptors (Lipinski definition) is 5. The zero-order valence-electron chi connectivity index (χ0n) is 14.4. The molecule has 0 saturated heterocycles. The van der Waals surface area contributed by atoms with E-state index in [9.17, 15) is 13.2 Å². The monoisotopic (exact) mass is 390 g/mol. The van der Waals surface area contributed by atoms with Crippen LogP contribution in [0.25, 0.3) is 0 Å². The van der Waals surface area contributed by atoms with Gasteiger partial charge in [-0.3, -0.25) is 9.52 Å². The smallest absolute Gasteiger partial charge is 0.262 e. The SMILES string of the molecule is COc1cccc(NS(=O)(=O)c2ccc3c4c2CC(=O)N4C[C@H](C)S3)c1. The molecular weight excluding hydrogens is 372 g/mol. The van der Waals surface area contributed by atoms with Crippen LogP contribution in [0.2, 0.25) is 0 Å². The largest absolute Gasteiger partial charge is 0.497 e. The zero-order chi connectivity index (χ0) is 18.5. The van der Waals surface area contributed by atoms with E-state index < -0.39 is 10.0 Å². The standard InChI is InChI=1S/C18H18N2O4S2/c1-11-10-20-17(21)9-14-16(7-6-15(25-11)18(14)20)26(22,23)19-12-4-3-5-13(8-12)24-2/h3-8,11,19H,9-10H2,1-2H3/t11-/m0/s1. The van der Waals surface area contributed by atoms with Crippen LogP contribution in [0.1, 0.15) is 12.5 Å². The molecule has 0 aliphatic carbocycles. The van der Waals surface area contributed by atoms with Crippen LogP contribution in [0.4, 0.5) is 11.4 Å². The number of nitrogens with one attached hydrogen (secondary N) is 1. The van der Waals surface area contributed by atoms with Gasteiger partial charge in [0.1, 0.15) is 5.75 Å². The lowest BCUT2D eigenvalue weighted by Gasteiger charge is -2.29. The highest BCUT2D eigenvalue weighted by Crippen LogP contribution is 2.46. The molecule has 0 spiro atoms. The minimum atomic E-state index is -3.82. The number of sulfonamides is 1. The Morgan fingerprint density at radius 3 is 2.85 bits per heavy atom. The number of nitrogens with zero attached hydrogens (tertiary/aromatic N) is 1.